The molecule has 1 heterocycles. The second-order valence-electron chi connectivity index (χ2n) is 10.6. The summed E-state index contributed by atoms with van der Waals surface area (Å²) in [6, 6.07) is 12.4. The highest BCUT2D eigenvalue weighted by molar-refractivity contribution is 8.14. The number of Topliss-reactive ketones (excluding diaryl/α,β-unsaturated/α-hetero) is 1. The molecule has 186 valence electrons. The number of rotatable bonds is 5. The summed E-state index contributed by atoms with van der Waals surface area (Å²) in [5, 5.41) is 1.69. The average molecular weight is 560 g/mol. The number of thioether (sulfide) groups is 1. The van der Waals surface area contributed by atoms with Gasteiger partial charge in [0.15, 0.2) is 5.17 Å². The van der Waals surface area contributed by atoms with E-state index in [1.165, 1.54) is 35.9 Å². The molecule has 5 aliphatic rings. The normalized spacial score (nSPS) is 29.8. The molecule has 0 atom stereocenters. The molecule has 1 amide bonds. The third-order valence-corrected chi connectivity index (χ3v) is 10.1. The van der Waals surface area contributed by atoms with Crippen LogP contribution in [-0.2, 0) is 9.59 Å². The van der Waals surface area contributed by atoms with Crippen LogP contribution in [0.4, 0.5) is 5.69 Å². The number of hydrogen-bond donors (Lipinski definition) is 0. The Morgan fingerprint density at radius 3 is 2.28 bits per heavy atom. The Balaban J connectivity index is 1.29. The predicted octanol–water partition coefficient (Wildman–Crippen LogP) is 7.91. The molecule has 7 rings (SSSR count). The Morgan fingerprint density at radius 2 is 1.64 bits per heavy atom. The van der Waals surface area contributed by atoms with E-state index in [2.05, 4.69) is 4.99 Å². The predicted molar refractivity (Wildman–Crippen MR) is 149 cm³/mol. The quantitative estimate of drug-likeness (QED) is 0.350. The third kappa shape index (κ3) is 4.42. The maximum absolute atomic E-state index is 13.7. The number of amides is 1. The van der Waals surface area contributed by atoms with Crippen molar-refractivity contribution in [3.63, 3.8) is 0 Å². The topological polar surface area (TPSA) is 49.7 Å². The first-order valence-electron chi connectivity index (χ1n) is 12.3. The molecule has 4 aliphatic carbocycles. The average Bonchev–Trinajstić information content (AvgIpc) is 3.14. The molecule has 4 saturated carbocycles. The van der Waals surface area contributed by atoms with Crippen LogP contribution in [0.1, 0.15) is 44.1 Å². The summed E-state index contributed by atoms with van der Waals surface area (Å²) in [7, 11) is 0. The van der Waals surface area contributed by atoms with Crippen molar-refractivity contribution >= 4 is 75.2 Å². The number of hydrogen-bond acceptors (Lipinski definition) is 4. The van der Waals surface area contributed by atoms with Gasteiger partial charge < -0.3 is 0 Å². The number of ketones is 1. The number of anilines is 1. The van der Waals surface area contributed by atoms with Gasteiger partial charge in [-0.25, -0.2) is 4.99 Å². The van der Waals surface area contributed by atoms with E-state index in [1.54, 1.807) is 36.4 Å². The highest BCUT2D eigenvalue weighted by Gasteiger charge is 2.54. The van der Waals surface area contributed by atoms with Crippen molar-refractivity contribution in [1.29, 1.82) is 0 Å². The summed E-state index contributed by atoms with van der Waals surface area (Å²) in [5.41, 5.74) is 1.35. The van der Waals surface area contributed by atoms with E-state index in [-0.39, 0.29) is 22.0 Å². The highest BCUT2D eigenvalue weighted by Crippen LogP contribution is 2.60. The van der Waals surface area contributed by atoms with Gasteiger partial charge in [0.05, 0.1) is 21.5 Å². The van der Waals surface area contributed by atoms with Crippen LogP contribution in [0.15, 0.2) is 53.2 Å². The molecule has 0 spiro atoms. The van der Waals surface area contributed by atoms with Crippen molar-refractivity contribution in [2.45, 2.75) is 38.5 Å². The first kappa shape index (κ1) is 24.5. The monoisotopic (exact) mass is 558 g/mol. The first-order valence-corrected chi connectivity index (χ1v) is 14.4. The lowest BCUT2D eigenvalue weighted by Crippen LogP contribution is -2.50. The molecule has 4 bridgehead atoms. The van der Waals surface area contributed by atoms with Crippen LogP contribution < -0.4 is 4.90 Å². The van der Waals surface area contributed by atoms with Crippen molar-refractivity contribution in [2.24, 2.45) is 28.2 Å². The Hall–Kier alpha value is -1.79. The van der Waals surface area contributed by atoms with Crippen LogP contribution in [0.5, 0.6) is 0 Å². The second-order valence-corrected chi connectivity index (χ2v) is 12.8. The number of aliphatic imine (C=N–C) groups is 1. The summed E-state index contributed by atoms with van der Waals surface area (Å²) in [4.78, 5) is 33.3. The number of carbonyl (C=O) groups excluding carboxylic acids is 2. The lowest BCUT2D eigenvalue weighted by atomic mass is 9.48. The molecule has 4 nitrogen and oxygen atoms in total. The van der Waals surface area contributed by atoms with Gasteiger partial charge in [0, 0.05) is 10.4 Å². The summed E-state index contributed by atoms with van der Waals surface area (Å²) in [6.07, 6.45) is 8.67. The van der Waals surface area contributed by atoms with Crippen molar-refractivity contribution < 1.29 is 9.59 Å². The smallest absolute Gasteiger partial charge is 0.283 e. The number of nitrogens with zero attached hydrogens (tertiary/aromatic N) is 2. The molecule has 36 heavy (non-hydrogen) atoms. The number of carbonyl (C=O) groups is 2. The van der Waals surface area contributed by atoms with Gasteiger partial charge in [-0.3, -0.25) is 14.5 Å². The number of halogens is 3. The molecule has 0 radical (unpaired) electrons. The SMILES string of the molecule is O=C1C(=Cc2ccc(Cl)cc2)N=C(SCC(=O)C23CC4CC(CC(C4)C2)C3)N1c1cccc(Cl)c1Cl. The minimum absolute atomic E-state index is 0.189. The Morgan fingerprint density at radius 1 is 1.00 bits per heavy atom. The van der Waals surface area contributed by atoms with Crippen LogP contribution in [0, 0.1) is 23.2 Å². The molecule has 4 fully saturated rings. The molecule has 0 N–H and O–H groups in total. The summed E-state index contributed by atoms with van der Waals surface area (Å²) < 4.78 is 0. The summed E-state index contributed by atoms with van der Waals surface area (Å²) in [6.45, 7) is 0. The van der Waals surface area contributed by atoms with Crippen molar-refractivity contribution in [1.82, 2.24) is 0 Å². The molecule has 8 heteroatoms. The molecule has 0 aromatic heterocycles. The van der Waals surface area contributed by atoms with Crippen molar-refractivity contribution in [3.8, 4) is 0 Å². The highest BCUT2D eigenvalue weighted by atomic mass is 35.5. The fraction of sp³-hybridized carbons (Fsp3) is 0.393. The summed E-state index contributed by atoms with van der Waals surface area (Å²) >= 11 is 20.1. The Kier molecular flexibility index (Phi) is 6.48. The van der Waals surface area contributed by atoms with E-state index in [4.69, 9.17) is 34.8 Å². The second kappa shape index (κ2) is 9.50. The molecule has 1 aliphatic heterocycles. The number of amidine groups is 1. The van der Waals surface area contributed by atoms with E-state index in [9.17, 15) is 9.59 Å². The van der Waals surface area contributed by atoms with Gasteiger partial charge in [-0.1, -0.05) is 64.8 Å². The van der Waals surface area contributed by atoms with Crippen LogP contribution in [0.25, 0.3) is 6.08 Å². The van der Waals surface area contributed by atoms with E-state index >= 15 is 0 Å². The van der Waals surface area contributed by atoms with Gasteiger partial charge in [-0.2, -0.15) is 0 Å². The standard InChI is InChI=1S/C28H25Cl3N2O2S/c29-20-6-4-16(5-7-20)11-22-26(35)33(23-3-1-2-21(30)25(23)31)27(32-22)36-15-24(34)28-12-17-8-18(13-28)10-19(9-17)14-28/h1-7,11,17-19H,8-10,12-15H2. The lowest BCUT2D eigenvalue weighted by Gasteiger charge is -2.56. The van der Waals surface area contributed by atoms with Crippen LogP contribution in [-0.4, -0.2) is 22.6 Å². The molecule has 2 aromatic rings. The fourth-order valence-corrected chi connectivity index (χ4v) is 8.47. The lowest BCUT2D eigenvalue weighted by molar-refractivity contribution is -0.141. The van der Waals surface area contributed by atoms with Crippen LogP contribution in [0.3, 0.4) is 0 Å². The molecular weight excluding hydrogens is 535 g/mol. The molecular formula is C28H25Cl3N2O2S. The fourth-order valence-electron chi connectivity index (χ4n) is 6.92. The van der Waals surface area contributed by atoms with Gasteiger partial charge in [0.1, 0.15) is 11.5 Å². The van der Waals surface area contributed by atoms with E-state index < -0.39 is 0 Å². The van der Waals surface area contributed by atoms with Crippen molar-refractivity contribution in [3.05, 3.63) is 68.8 Å². The zero-order valence-corrected chi connectivity index (χ0v) is 22.6. The minimum Gasteiger partial charge on any atom is -0.298 e. The molecule has 0 saturated heterocycles. The molecule has 2 aromatic carbocycles. The minimum atomic E-state index is -0.307. The van der Waals surface area contributed by atoms with Gasteiger partial charge in [-0.15, -0.1) is 0 Å². The molecule has 0 unspecified atom stereocenters. The van der Waals surface area contributed by atoms with Crippen molar-refractivity contribution in [2.75, 3.05) is 10.7 Å². The van der Waals surface area contributed by atoms with E-state index in [1.807, 2.05) is 12.1 Å². The third-order valence-electron chi connectivity index (χ3n) is 8.14. The Labute approximate surface area is 230 Å². The summed E-state index contributed by atoms with van der Waals surface area (Å²) in [5.74, 6) is 2.39. The zero-order chi connectivity index (χ0) is 25.0. The van der Waals surface area contributed by atoms with E-state index in [0.29, 0.717) is 50.2 Å². The first-order chi connectivity index (χ1) is 17.3. The van der Waals surface area contributed by atoms with Gasteiger partial charge in [-0.05, 0) is 92.2 Å². The Bertz CT molecular complexity index is 1270. The van der Waals surface area contributed by atoms with E-state index in [0.717, 1.165) is 24.8 Å². The number of benzene rings is 2. The largest absolute Gasteiger partial charge is 0.298 e. The van der Waals surface area contributed by atoms with Crippen LogP contribution in [0.2, 0.25) is 15.1 Å². The maximum Gasteiger partial charge on any atom is 0.283 e. The maximum atomic E-state index is 13.7. The van der Waals surface area contributed by atoms with Gasteiger partial charge >= 0.3 is 0 Å². The van der Waals surface area contributed by atoms with Crippen LogP contribution >= 0.6 is 46.6 Å². The zero-order valence-electron chi connectivity index (χ0n) is 19.6. The van der Waals surface area contributed by atoms with Gasteiger partial charge in [0.2, 0.25) is 0 Å². The van der Waals surface area contributed by atoms with Gasteiger partial charge in [0.25, 0.3) is 5.91 Å².